The maximum Gasteiger partial charge on any atom is 0.238 e. The third-order valence-electron chi connectivity index (χ3n) is 3.21. The third kappa shape index (κ3) is 1.48. The van der Waals surface area contributed by atoms with E-state index < -0.39 is 5.41 Å². The zero-order valence-corrected chi connectivity index (χ0v) is 10.2. The first-order valence-electron chi connectivity index (χ1n) is 5.28. The van der Waals surface area contributed by atoms with Crippen LogP contribution in [-0.4, -0.2) is 20.1 Å². The summed E-state index contributed by atoms with van der Waals surface area (Å²) in [7, 11) is 3.13. The quantitative estimate of drug-likeness (QED) is 0.813. The molecule has 0 bridgehead atoms. The molecule has 1 atom stereocenters. The molecule has 17 heavy (non-hydrogen) atoms. The molecular formula is C13H15NO3. The van der Waals surface area contributed by atoms with Crippen LogP contribution in [0.4, 0.5) is 5.69 Å². The van der Waals surface area contributed by atoms with E-state index in [0.29, 0.717) is 11.5 Å². The summed E-state index contributed by atoms with van der Waals surface area (Å²) in [4.78, 5) is 11.9. The number of carbonyl (C=O) groups is 1. The lowest BCUT2D eigenvalue weighted by Gasteiger charge is -2.17. The van der Waals surface area contributed by atoms with Crippen molar-refractivity contribution in [1.82, 2.24) is 0 Å². The number of carbonyl (C=O) groups excluding carboxylic acids is 1. The number of nitrogens with one attached hydrogen (secondary N) is 1. The standard InChI is InChI=1S/C13H15NO3/c1-5-13(2)8-6-10(16-3)11(17-4)7-9(8)14-12(13)15/h5-7H,1H2,2-4H3,(H,14,15). The minimum atomic E-state index is -0.713. The second kappa shape index (κ2) is 3.80. The Morgan fingerprint density at radius 2 is 1.88 bits per heavy atom. The van der Waals surface area contributed by atoms with Crippen LogP contribution >= 0.6 is 0 Å². The number of hydrogen-bond donors (Lipinski definition) is 1. The van der Waals surface area contributed by atoms with E-state index in [9.17, 15) is 4.79 Å². The predicted molar refractivity (Wildman–Crippen MR) is 65.7 cm³/mol. The lowest BCUT2D eigenvalue weighted by atomic mass is 9.84. The van der Waals surface area contributed by atoms with Gasteiger partial charge in [0.05, 0.1) is 19.6 Å². The molecule has 1 aromatic rings. The summed E-state index contributed by atoms with van der Waals surface area (Å²) in [5, 5.41) is 2.82. The summed E-state index contributed by atoms with van der Waals surface area (Å²) in [6, 6.07) is 3.58. The van der Waals surface area contributed by atoms with Gasteiger partial charge < -0.3 is 14.8 Å². The Labute approximate surface area is 100 Å². The summed E-state index contributed by atoms with van der Waals surface area (Å²) >= 11 is 0. The highest BCUT2D eigenvalue weighted by Gasteiger charge is 2.41. The minimum absolute atomic E-state index is 0.0854. The second-order valence-electron chi connectivity index (χ2n) is 4.11. The number of benzene rings is 1. The van der Waals surface area contributed by atoms with Crippen molar-refractivity contribution in [3.05, 3.63) is 30.4 Å². The van der Waals surface area contributed by atoms with E-state index in [1.807, 2.05) is 13.0 Å². The average Bonchev–Trinajstić information content (AvgIpc) is 2.60. The molecule has 90 valence electrons. The summed E-state index contributed by atoms with van der Waals surface area (Å²) in [5.41, 5.74) is 0.889. The molecule has 1 heterocycles. The van der Waals surface area contributed by atoms with Gasteiger partial charge in [-0.05, 0) is 18.6 Å². The number of methoxy groups -OCH3 is 2. The number of hydrogen-bond acceptors (Lipinski definition) is 3. The first-order chi connectivity index (χ1) is 8.06. The van der Waals surface area contributed by atoms with Gasteiger partial charge >= 0.3 is 0 Å². The van der Waals surface area contributed by atoms with Crippen LogP contribution in [0.3, 0.4) is 0 Å². The van der Waals surface area contributed by atoms with E-state index in [0.717, 1.165) is 11.3 Å². The smallest absolute Gasteiger partial charge is 0.238 e. The molecule has 0 aromatic heterocycles. The Bertz CT molecular complexity index is 496. The minimum Gasteiger partial charge on any atom is -0.493 e. The number of ether oxygens (including phenoxy) is 2. The van der Waals surface area contributed by atoms with Crippen molar-refractivity contribution in [3.63, 3.8) is 0 Å². The van der Waals surface area contributed by atoms with Gasteiger partial charge in [0.15, 0.2) is 11.5 Å². The lowest BCUT2D eigenvalue weighted by Crippen LogP contribution is -2.28. The van der Waals surface area contributed by atoms with Gasteiger partial charge in [-0.25, -0.2) is 0 Å². The molecule has 0 aliphatic carbocycles. The fourth-order valence-corrected chi connectivity index (χ4v) is 1.99. The van der Waals surface area contributed by atoms with E-state index >= 15 is 0 Å². The van der Waals surface area contributed by atoms with E-state index in [1.54, 1.807) is 26.4 Å². The molecule has 0 spiro atoms. The zero-order chi connectivity index (χ0) is 12.6. The number of anilines is 1. The summed E-state index contributed by atoms with van der Waals surface area (Å²) in [5.74, 6) is 1.12. The summed E-state index contributed by atoms with van der Waals surface area (Å²) in [6.07, 6.45) is 1.64. The Hall–Kier alpha value is -1.97. The normalized spacial score (nSPS) is 21.7. The molecule has 0 fully saturated rings. The van der Waals surface area contributed by atoms with Crippen molar-refractivity contribution in [2.24, 2.45) is 0 Å². The highest BCUT2D eigenvalue weighted by Crippen LogP contribution is 2.44. The first-order valence-corrected chi connectivity index (χ1v) is 5.28. The fraction of sp³-hybridized carbons (Fsp3) is 0.308. The van der Waals surface area contributed by atoms with Crippen LogP contribution < -0.4 is 14.8 Å². The van der Waals surface area contributed by atoms with Crippen LogP contribution in [0.25, 0.3) is 0 Å². The van der Waals surface area contributed by atoms with Crippen molar-refractivity contribution >= 4 is 11.6 Å². The van der Waals surface area contributed by atoms with Gasteiger partial charge in [0.1, 0.15) is 0 Å². The summed E-state index contributed by atoms with van der Waals surface area (Å²) in [6.45, 7) is 5.56. The van der Waals surface area contributed by atoms with Gasteiger partial charge in [-0.3, -0.25) is 4.79 Å². The van der Waals surface area contributed by atoms with Crippen LogP contribution in [-0.2, 0) is 10.2 Å². The molecule has 1 unspecified atom stereocenters. The molecule has 0 saturated heterocycles. The third-order valence-corrected chi connectivity index (χ3v) is 3.21. The fourth-order valence-electron chi connectivity index (χ4n) is 1.99. The maximum atomic E-state index is 11.9. The van der Waals surface area contributed by atoms with Gasteiger partial charge in [0.25, 0.3) is 0 Å². The van der Waals surface area contributed by atoms with Gasteiger partial charge in [-0.15, -0.1) is 6.58 Å². The SMILES string of the molecule is C=CC1(C)C(=O)Nc2cc(OC)c(OC)cc21. The van der Waals surface area contributed by atoms with Crippen LogP contribution in [0.15, 0.2) is 24.8 Å². The summed E-state index contributed by atoms with van der Waals surface area (Å²) < 4.78 is 10.4. The Morgan fingerprint density at radius 1 is 1.29 bits per heavy atom. The molecule has 1 N–H and O–H groups in total. The van der Waals surface area contributed by atoms with Gasteiger partial charge in [0.2, 0.25) is 5.91 Å². The number of amides is 1. The van der Waals surface area contributed by atoms with Crippen molar-refractivity contribution in [3.8, 4) is 11.5 Å². The average molecular weight is 233 g/mol. The lowest BCUT2D eigenvalue weighted by molar-refractivity contribution is -0.118. The Kier molecular flexibility index (Phi) is 2.58. The Balaban J connectivity index is 2.64. The van der Waals surface area contributed by atoms with Crippen molar-refractivity contribution in [2.45, 2.75) is 12.3 Å². The maximum absolute atomic E-state index is 11.9. The van der Waals surface area contributed by atoms with Gasteiger partial charge in [-0.2, -0.15) is 0 Å². The van der Waals surface area contributed by atoms with Crippen molar-refractivity contribution in [1.29, 1.82) is 0 Å². The van der Waals surface area contributed by atoms with Crippen LogP contribution in [0, 0.1) is 0 Å². The molecular weight excluding hydrogens is 218 g/mol. The van der Waals surface area contributed by atoms with Gasteiger partial charge in [-0.1, -0.05) is 6.08 Å². The van der Waals surface area contributed by atoms with Crippen LogP contribution in [0.2, 0.25) is 0 Å². The van der Waals surface area contributed by atoms with Crippen LogP contribution in [0.1, 0.15) is 12.5 Å². The topological polar surface area (TPSA) is 47.6 Å². The highest BCUT2D eigenvalue weighted by atomic mass is 16.5. The number of fused-ring (bicyclic) bond motifs is 1. The molecule has 1 aliphatic rings. The van der Waals surface area contributed by atoms with Crippen molar-refractivity contribution in [2.75, 3.05) is 19.5 Å². The zero-order valence-electron chi connectivity index (χ0n) is 10.2. The number of rotatable bonds is 3. The predicted octanol–water partition coefficient (Wildman–Crippen LogP) is 2.10. The largest absolute Gasteiger partial charge is 0.493 e. The molecule has 0 saturated carbocycles. The molecule has 4 nitrogen and oxygen atoms in total. The molecule has 1 aromatic carbocycles. The first kappa shape index (κ1) is 11.5. The monoisotopic (exact) mass is 233 g/mol. The molecule has 2 rings (SSSR count). The van der Waals surface area contributed by atoms with E-state index in [-0.39, 0.29) is 5.91 Å². The molecule has 4 heteroatoms. The Morgan fingerprint density at radius 3 is 2.41 bits per heavy atom. The van der Waals surface area contributed by atoms with Gasteiger partial charge in [0, 0.05) is 11.8 Å². The molecule has 0 radical (unpaired) electrons. The van der Waals surface area contributed by atoms with E-state index in [4.69, 9.17) is 9.47 Å². The van der Waals surface area contributed by atoms with E-state index in [1.165, 1.54) is 0 Å². The second-order valence-corrected chi connectivity index (χ2v) is 4.11. The molecule has 1 amide bonds. The highest BCUT2D eigenvalue weighted by molar-refractivity contribution is 6.07. The van der Waals surface area contributed by atoms with E-state index in [2.05, 4.69) is 11.9 Å². The van der Waals surface area contributed by atoms with Crippen LogP contribution in [0.5, 0.6) is 11.5 Å². The van der Waals surface area contributed by atoms with Crippen molar-refractivity contribution < 1.29 is 14.3 Å². The molecule has 1 aliphatic heterocycles.